The van der Waals surface area contributed by atoms with Gasteiger partial charge in [-0.15, -0.1) is 0 Å². The van der Waals surface area contributed by atoms with Crippen LogP contribution in [0.15, 0.2) is 42.5 Å². The van der Waals surface area contributed by atoms with E-state index in [1.807, 2.05) is 0 Å². The monoisotopic (exact) mass is 336 g/mol. The molecule has 2 aromatic carbocycles. The largest absolute Gasteiger partial charge is 0.301 e. The van der Waals surface area contributed by atoms with Gasteiger partial charge in [-0.05, 0) is 48.6 Å². The summed E-state index contributed by atoms with van der Waals surface area (Å²) in [6.45, 7) is 6.37. The molecule has 25 heavy (non-hydrogen) atoms. The van der Waals surface area contributed by atoms with E-state index < -0.39 is 0 Å². The van der Waals surface area contributed by atoms with Crippen molar-refractivity contribution in [2.24, 2.45) is 0 Å². The highest BCUT2D eigenvalue weighted by Crippen LogP contribution is 2.24. The third-order valence-corrected chi connectivity index (χ3v) is 6.30. The van der Waals surface area contributed by atoms with Crippen LogP contribution in [0.3, 0.4) is 0 Å². The van der Waals surface area contributed by atoms with Gasteiger partial charge in [-0.1, -0.05) is 61.7 Å². The lowest BCUT2D eigenvalue weighted by Crippen LogP contribution is -2.50. The maximum absolute atomic E-state index is 2.78. The number of fused-ring (bicyclic) bond motifs is 1. The molecular weight excluding hydrogens is 304 g/mol. The van der Waals surface area contributed by atoms with Crippen LogP contribution in [0.25, 0.3) is 10.8 Å². The second-order valence-electron chi connectivity index (χ2n) is 7.91. The van der Waals surface area contributed by atoms with Gasteiger partial charge >= 0.3 is 0 Å². The van der Waals surface area contributed by atoms with Gasteiger partial charge in [0.1, 0.15) is 0 Å². The molecule has 1 saturated carbocycles. The number of piperazine rings is 1. The molecule has 1 aliphatic heterocycles. The van der Waals surface area contributed by atoms with Gasteiger partial charge < -0.3 is 4.90 Å². The summed E-state index contributed by atoms with van der Waals surface area (Å²) in [6.07, 6.45) is 9.74. The van der Waals surface area contributed by atoms with Gasteiger partial charge in [-0.25, -0.2) is 0 Å². The summed E-state index contributed by atoms with van der Waals surface area (Å²) in [5, 5.41) is 2.81. The van der Waals surface area contributed by atoms with Crippen LogP contribution >= 0.6 is 0 Å². The molecule has 2 aliphatic rings. The topological polar surface area (TPSA) is 6.48 Å². The normalized spacial score (nSPS) is 21.0. The molecule has 1 saturated heterocycles. The minimum Gasteiger partial charge on any atom is -0.301 e. The summed E-state index contributed by atoms with van der Waals surface area (Å²) < 4.78 is 0. The van der Waals surface area contributed by atoms with E-state index in [2.05, 4.69) is 52.3 Å². The zero-order valence-electron chi connectivity index (χ0n) is 15.5. The van der Waals surface area contributed by atoms with Crippen molar-refractivity contribution in [3.63, 3.8) is 0 Å². The SMILES string of the molecule is c1ccc2c(CCCN3CCN(C4CCCCC4)CC3)cccc2c1. The van der Waals surface area contributed by atoms with E-state index in [0.717, 1.165) is 6.04 Å². The number of rotatable bonds is 5. The molecule has 0 N–H and O–H groups in total. The average molecular weight is 337 g/mol. The Morgan fingerprint density at radius 2 is 1.56 bits per heavy atom. The van der Waals surface area contributed by atoms with Crippen LogP contribution in [0.1, 0.15) is 44.1 Å². The van der Waals surface area contributed by atoms with Crippen molar-refractivity contribution in [3.8, 4) is 0 Å². The molecule has 0 spiro atoms. The zero-order chi connectivity index (χ0) is 16.9. The van der Waals surface area contributed by atoms with Crippen molar-refractivity contribution >= 4 is 10.8 Å². The van der Waals surface area contributed by atoms with Crippen LogP contribution in [0.5, 0.6) is 0 Å². The standard InChI is InChI=1S/C23H32N2/c1-2-12-22(13-3-1)25-18-16-24(17-19-25)15-7-11-21-10-6-9-20-8-4-5-14-23(20)21/h4-6,8-10,14,22H,1-3,7,11-13,15-19H2. The Morgan fingerprint density at radius 1 is 0.800 bits per heavy atom. The van der Waals surface area contributed by atoms with Gasteiger partial charge in [0.05, 0.1) is 0 Å². The third kappa shape index (κ3) is 4.24. The molecule has 0 unspecified atom stereocenters. The van der Waals surface area contributed by atoms with Crippen LogP contribution in [0.2, 0.25) is 0 Å². The molecule has 4 rings (SSSR count). The van der Waals surface area contributed by atoms with E-state index in [4.69, 9.17) is 0 Å². The average Bonchev–Trinajstić information content (AvgIpc) is 2.69. The minimum atomic E-state index is 0.895. The molecule has 0 radical (unpaired) electrons. The van der Waals surface area contributed by atoms with Crippen LogP contribution in [0, 0.1) is 0 Å². The molecule has 0 bridgehead atoms. The van der Waals surface area contributed by atoms with E-state index in [1.165, 1.54) is 94.0 Å². The van der Waals surface area contributed by atoms with Crippen molar-refractivity contribution < 1.29 is 0 Å². The van der Waals surface area contributed by atoms with Gasteiger partial charge in [0.25, 0.3) is 0 Å². The molecule has 134 valence electrons. The Labute approximate surface area is 152 Å². The molecule has 0 aromatic heterocycles. The summed E-state index contributed by atoms with van der Waals surface area (Å²) in [7, 11) is 0. The summed E-state index contributed by atoms with van der Waals surface area (Å²) >= 11 is 0. The predicted octanol–water partition coefficient (Wildman–Crippen LogP) is 4.72. The highest BCUT2D eigenvalue weighted by Gasteiger charge is 2.24. The van der Waals surface area contributed by atoms with Gasteiger partial charge in [0, 0.05) is 32.2 Å². The molecule has 1 aliphatic carbocycles. The fourth-order valence-corrected chi connectivity index (χ4v) is 4.80. The Morgan fingerprint density at radius 3 is 2.40 bits per heavy atom. The van der Waals surface area contributed by atoms with Crippen molar-refractivity contribution in [2.45, 2.75) is 51.0 Å². The fraction of sp³-hybridized carbons (Fsp3) is 0.565. The van der Waals surface area contributed by atoms with E-state index in [0.29, 0.717) is 0 Å². The summed E-state index contributed by atoms with van der Waals surface area (Å²) in [6, 6.07) is 16.4. The Balaban J connectivity index is 1.24. The zero-order valence-corrected chi connectivity index (χ0v) is 15.5. The number of aryl methyl sites for hydroxylation is 1. The molecular formula is C23H32N2. The lowest BCUT2D eigenvalue weighted by atomic mass is 9.94. The summed E-state index contributed by atoms with van der Waals surface area (Å²) in [5.74, 6) is 0. The molecule has 2 aromatic rings. The van der Waals surface area contributed by atoms with Gasteiger partial charge in [-0.2, -0.15) is 0 Å². The molecule has 0 atom stereocenters. The molecule has 2 fully saturated rings. The quantitative estimate of drug-likeness (QED) is 0.779. The van der Waals surface area contributed by atoms with Crippen LogP contribution < -0.4 is 0 Å². The lowest BCUT2D eigenvalue weighted by Gasteiger charge is -2.40. The lowest BCUT2D eigenvalue weighted by molar-refractivity contribution is 0.0785. The number of hydrogen-bond acceptors (Lipinski definition) is 2. The highest BCUT2D eigenvalue weighted by atomic mass is 15.3. The van der Waals surface area contributed by atoms with E-state index in [9.17, 15) is 0 Å². The second kappa shape index (κ2) is 8.33. The maximum atomic E-state index is 2.78. The first-order chi connectivity index (χ1) is 12.4. The number of hydrogen-bond donors (Lipinski definition) is 0. The third-order valence-electron chi connectivity index (χ3n) is 6.30. The van der Waals surface area contributed by atoms with E-state index in [-0.39, 0.29) is 0 Å². The van der Waals surface area contributed by atoms with Crippen molar-refractivity contribution in [1.82, 2.24) is 9.80 Å². The van der Waals surface area contributed by atoms with E-state index in [1.54, 1.807) is 0 Å². The molecule has 2 nitrogen and oxygen atoms in total. The van der Waals surface area contributed by atoms with Gasteiger partial charge in [-0.3, -0.25) is 4.90 Å². The number of nitrogens with zero attached hydrogens (tertiary/aromatic N) is 2. The second-order valence-corrected chi connectivity index (χ2v) is 7.91. The Bertz CT molecular complexity index is 661. The molecule has 1 heterocycles. The van der Waals surface area contributed by atoms with Gasteiger partial charge in [0.15, 0.2) is 0 Å². The Hall–Kier alpha value is -1.38. The smallest absolute Gasteiger partial charge is 0.0113 e. The first-order valence-corrected chi connectivity index (χ1v) is 10.3. The first kappa shape index (κ1) is 17.1. The highest BCUT2D eigenvalue weighted by molar-refractivity contribution is 5.85. The Kier molecular flexibility index (Phi) is 5.68. The minimum absolute atomic E-state index is 0.895. The van der Waals surface area contributed by atoms with Gasteiger partial charge in [0.2, 0.25) is 0 Å². The fourth-order valence-electron chi connectivity index (χ4n) is 4.80. The van der Waals surface area contributed by atoms with E-state index >= 15 is 0 Å². The van der Waals surface area contributed by atoms with Crippen molar-refractivity contribution in [2.75, 3.05) is 32.7 Å². The molecule has 0 amide bonds. The van der Waals surface area contributed by atoms with Crippen LogP contribution in [0.4, 0.5) is 0 Å². The number of benzene rings is 2. The van der Waals surface area contributed by atoms with Crippen LogP contribution in [-0.2, 0) is 6.42 Å². The maximum Gasteiger partial charge on any atom is 0.0113 e. The first-order valence-electron chi connectivity index (χ1n) is 10.3. The van der Waals surface area contributed by atoms with Crippen molar-refractivity contribution in [3.05, 3.63) is 48.0 Å². The molecule has 2 heteroatoms. The summed E-state index contributed by atoms with van der Waals surface area (Å²) in [4.78, 5) is 5.46. The summed E-state index contributed by atoms with van der Waals surface area (Å²) in [5.41, 5.74) is 1.51. The van der Waals surface area contributed by atoms with Crippen LogP contribution in [-0.4, -0.2) is 48.6 Å². The van der Waals surface area contributed by atoms with Crippen molar-refractivity contribution in [1.29, 1.82) is 0 Å². The predicted molar refractivity (Wildman–Crippen MR) is 107 cm³/mol.